The standard InChI is InChI=1S/C37H38N4O8/c1-3-25(43)40-24-8-11-33-10-5-16-39-17-14-35(24,37(33,39)49-27(45)19-33)21-18-22(31(48-2)30(46)29(21)40)34-13-15-38-36(32(34)47)12-9-26(44)41(36)28-20(34)6-4-7-23(28)42/h4-7,10,18,24,38,42,46H,3,8-9,11-17,19H2,1-2H3/t24-,33-,34+,35-,36-,37+/m1/s1. The molecular weight excluding hydrogens is 628 g/mol. The summed E-state index contributed by atoms with van der Waals surface area (Å²) >= 11 is 0. The van der Waals surface area contributed by atoms with E-state index in [4.69, 9.17) is 9.47 Å². The van der Waals surface area contributed by atoms with E-state index in [-0.39, 0.29) is 78.6 Å². The Morgan fingerprint density at radius 3 is 2.71 bits per heavy atom. The number of methoxy groups -OCH3 is 1. The third-order valence-corrected chi connectivity index (χ3v) is 13.6. The fraction of sp³-hybridized carbons (Fsp3) is 0.514. The van der Waals surface area contributed by atoms with E-state index in [1.165, 1.54) is 18.1 Å². The molecule has 12 nitrogen and oxygen atoms in total. The number of phenols is 2. The molecule has 2 aromatic rings. The first-order valence-corrected chi connectivity index (χ1v) is 17.5. The van der Waals surface area contributed by atoms with Gasteiger partial charge in [-0.1, -0.05) is 31.2 Å². The molecule has 2 bridgehead atoms. The third kappa shape index (κ3) is 2.85. The van der Waals surface area contributed by atoms with Crippen LogP contribution in [0.2, 0.25) is 0 Å². The Bertz CT molecular complexity index is 2000. The van der Waals surface area contributed by atoms with Crippen molar-refractivity contribution < 1.29 is 38.9 Å². The molecular formula is C37H38N4O8. The molecule has 7 heterocycles. The summed E-state index contributed by atoms with van der Waals surface area (Å²) in [4.78, 5) is 61.7. The largest absolute Gasteiger partial charge is 0.506 e. The van der Waals surface area contributed by atoms with Crippen LogP contribution >= 0.6 is 0 Å². The number of amides is 2. The van der Waals surface area contributed by atoms with Gasteiger partial charge in [-0.2, -0.15) is 0 Å². The second-order valence-electron chi connectivity index (χ2n) is 15.1. The number of ether oxygens (including phenoxy) is 2. The Morgan fingerprint density at radius 1 is 1.08 bits per heavy atom. The van der Waals surface area contributed by atoms with Gasteiger partial charge < -0.3 is 24.6 Å². The highest BCUT2D eigenvalue weighted by atomic mass is 16.6. The molecule has 8 aliphatic rings. The van der Waals surface area contributed by atoms with E-state index in [1.54, 1.807) is 24.0 Å². The van der Waals surface area contributed by atoms with Crippen molar-refractivity contribution in [3.8, 4) is 17.2 Å². The maximum absolute atomic E-state index is 15.3. The van der Waals surface area contributed by atoms with Crippen molar-refractivity contribution in [2.24, 2.45) is 5.41 Å². The molecule has 3 N–H and O–H groups in total. The van der Waals surface area contributed by atoms with Gasteiger partial charge in [0.2, 0.25) is 11.8 Å². The second-order valence-corrected chi connectivity index (χ2v) is 15.1. The number of phenolic OH excluding ortho intramolecular Hbond substituents is 2. The van der Waals surface area contributed by atoms with Gasteiger partial charge >= 0.3 is 5.97 Å². The number of para-hydroxylation sites is 1. The maximum atomic E-state index is 15.3. The molecule has 2 aromatic carbocycles. The van der Waals surface area contributed by atoms with Crippen molar-refractivity contribution >= 4 is 34.9 Å². The smallest absolute Gasteiger partial charge is 0.308 e. The molecule has 5 fully saturated rings. The number of carbonyl (C=O) groups is 4. The topological polar surface area (TPSA) is 149 Å². The van der Waals surface area contributed by atoms with Gasteiger partial charge in [0.15, 0.2) is 28.7 Å². The van der Waals surface area contributed by atoms with Crippen LogP contribution in [0, 0.1) is 5.41 Å². The van der Waals surface area contributed by atoms with Gasteiger partial charge in [0, 0.05) is 37.9 Å². The molecule has 6 atom stereocenters. The number of piperidine rings is 1. The number of anilines is 2. The number of nitrogens with one attached hydrogen (secondary N) is 1. The minimum atomic E-state index is -1.42. The number of esters is 1. The molecule has 1 aliphatic carbocycles. The number of hydrogen-bond donors (Lipinski definition) is 3. The molecule has 4 saturated heterocycles. The van der Waals surface area contributed by atoms with Gasteiger partial charge in [0.25, 0.3) is 0 Å². The monoisotopic (exact) mass is 666 g/mol. The zero-order valence-electron chi connectivity index (χ0n) is 27.5. The molecule has 10 rings (SSSR count). The molecule has 0 aromatic heterocycles. The fourth-order valence-electron chi connectivity index (χ4n) is 12.1. The lowest BCUT2D eigenvalue weighted by molar-refractivity contribution is -0.206. The van der Waals surface area contributed by atoms with Crippen LogP contribution in [-0.4, -0.2) is 82.9 Å². The van der Waals surface area contributed by atoms with Crippen LogP contribution in [0.5, 0.6) is 17.2 Å². The Kier molecular flexibility index (Phi) is 5.43. The van der Waals surface area contributed by atoms with Crippen molar-refractivity contribution in [3.05, 3.63) is 53.1 Å². The zero-order chi connectivity index (χ0) is 33.9. The van der Waals surface area contributed by atoms with Gasteiger partial charge in [-0.3, -0.25) is 34.3 Å². The minimum Gasteiger partial charge on any atom is -0.506 e. The lowest BCUT2D eigenvalue weighted by Gasteiger charge is -2.59. The molecule has 3 spiro atoms. The molecule has 2 amide bonds. The summed E-state index contributed by atoms with van der Waals surface area (Å²) in [5.74, 6) is -1.23. The SMILES string of the molecule is CCC(=O)N1c2c(cc([C@]34CCN[C@@]5(CCC(=O)N5c5c(O)cccc53)C4=O)c(OC)c2O)[C@]23CCN4CC=C[C@@]5(CC[C@@H]12)CC(=O)O[C@@]453. The number of fused-ring (bicyclic) bond motifs is 5. The summed E-state index contributed by atoms with van der Waals surface area (Å²) in [6, 6.07) is 6.50. The van der Waals surface area contributed by atoms with E-state index >= 15 is 4.79 Å². The van der Waals surface area contributed by atoms with E-state index in [2.05, 4.69) is 22.4 Å². The molecule has 1 saturated carbocycles. The van der Waals surface area contributed by atoms with Crippen LogP contribution in [0.15, 0.2) is 36.4 Å². The number of ketones is 1. The van der Waals surface area contributed by atoms with Crippen molar-refractivity contribution in [1.82, 2.24) is 10.2 Å². The quantitative estimate of drug-likeness (QED) is 0.330. The first kappa shape index (κ1) is 29.5. The summed E-state index contributed by atoms with van der Waals surface area (Å²) in [5.41, 5.74) is -3.23. The summed E-state index contributed by atoms with van der Waals surface area (Å²) in [5, 5.41) is 27.2. The minimum absolute atomic E-state index is 0.0748. The van der Waals surface area contributed by atoms with Crippen molar-refractivity contribution in [2.75, 3.05) is 36.5 Å². The maximum Gasteiger partial charge on any atom is 0.308 e. The van der Waals surface area contributed by atoms with Crippen LogP contribution in [0.1, 0.15) is 75.0 Å². The van der Waals surface area contributed by atoms with E-state index in [1.807, 2.05) is 6.07 Å². The van der Waals surface area contributed by atoms with E-state index in [9.17, 15) is 24.6 Å². The number of benzene rings is 2. The first-order chi connectivity index (χ1) is 23.6. The summed E-state index contributed by atoms with van der Waals surface area (Å²) in [6.07, 6.45) is 7.14. The van der Waals surface area contributed by atoms with Crippen molar-refractivity contribution in [3.63, 3.8) is 0 Å². The Morgan fingerprint density at radius 2 is 1.92 bits per heavy atom. The average molecular weight is 667 g/mol. The summed E-state index contributed by atoms with van der Waals surface area (Å²) < 4.78 is 12.7. The lowest BCUT2D eigenvalue weighted by Crippen LogP contribution is -2.73. The third-order valence-electron chi connectivity index (χ3n) is 13.6. The van der Waals surface area contributed by atoms with Crippen LogP contribution in [0.25, 0.3) is 0 Å². The first-order valence-electron chi connectivity index (χ1n) is 17.5. The van der Waals surface area contributed by atoms with E-state index in [0.717, 1.165) is 0 Å². The van der Waals surface area contributed by atoms with Crippen LogP contribution in [-0.2, 0) is 34.7 Å². The number of Topliss-reactive ketones (excluding diaryl/α,β-unsaturated/α-hetero) is 1. The average Bonchev–Trinajstić information content (AvgIpc) is 3.79. The number of hydrogen-bond acceptors (Lipinski definition) is 10. The van der Waals surface area contributed by atoms with Crippen LogP contribution in [0.3, 0.4) is 0 Å². The molecule has 0 unspecified atom stereocenters. The van der Waals surface area contributed by atoms with E-state index in [0.29, 0.717) is 61.3 Å². The van der Waals surface area contributed by atoms with Gasteiger partial charge in [0.1, 0.15) is 5.75 Å². The molecule has 49 heavy (non-hydrogen) atoms. The highest BCUT2D eigenvalue weighted by Gasteiger charge is 2.82. The second kappa shape index (κ2) is 9.02. The van der Waals surface area contributed by atoms with Crippen LogP contribution in [0.4, 0.5) is 11.4 Å². The molecule has 12 heteroatoms. The van der Waals surface area contributed by atoms with Gasteiger partial charge in [-0.15, -0.1) is 0 Å². The Labute approximate surface area is 282 Å². The summed E-state index contributed by atoms with van der Waals surface area (Å²) in [6.45, 7) is 3.38. The van der Waals surface area contributed by atoms with Gasteiger partial charge in [-0.05, 0) is 55.5 Å². The molecule has 7 aliphatic heterocycles. The predicted molar refractivity (Wildman–Crippen MR) is 174 cm³/mol. The number of carbonyl (C=O) groups excluding carboxylic acids is 4. The predicted octanol–water partition coefficient (Wildman–Crippen LogP) is 2.85. The number of nitrogens with zero attached hydrogens (tertiary/aromatic N) is 3. The highest BCUT2D eigenvalue weighted by molar-refractivity contribution is 6.17. The Hall–Kier alpha value is -4.42. The Balaban J connectivity index is 1.32. The van der Waals surface area contributed by atoms with Crippen LogP contribution < -0.4 is 19.9 Å². The van der Waals surface area contributed by atoms with Gasteiger partial charge in [0.05, 0.1) is 47.2 Å². The molecule has 254 valence electrons. The van der Waals surface area contributed by atoms with Crippen molar-refractivity contribution in [2.45, 2.75) is 86.5 Å². The number of aromatic hydroxyl groups is 2. The van der Waals surface area contributed by atoms with Gasteiger partial charge in [-0.25, -0.2) is 0 Å². The zero-order valence-corrected chi connectivity index (χ0v) is 27.5. The fourth-order valence-corrected chi connectivity index (χ4v) is 12.1. The lowest BCUT2D eigenvalue weighted by atomic mass is 9.51. The summed E-state index contributed by atoms with van der Waals surface area (Å²) in [7, 11) is 1.44. The van der Waals surface area contributed by atoms with E-state index < -0.39 is 33.7 Å². The highest BCUT2D eigenvalue weighted by Crippen LogP contribution is 2.74. The van der Waals surface area contributed by atoms with Crippen molar-refractivity contribution in [1.29, 1.82) is 0 Å². The normalized spacial score (nSPS) is 37.7. The molecule has 0 radical (unpaired) electrons. The number of rotatable bonds is 3.